The van der Waals surface area contributed by atoms with E-state index < -0.39 is 0 Å². The Labute approximate surface area is 155 Å². The van der Waals surface area contributed by atoms with Gasteiger partial charge in [0.15, 0.2) is 0 Å². The molecule has 0 radical (unpaired) electrons. The van der Waals surface area contributed by atoms with Crippen molar-refractivity contribution in [3.63, 3.8) is 0 Å². The molecule has 1 N–H and O–H groups in total. The standard InChI is InChI=1S/C21H27N3O2/c1-16(2)14-23-20-18(10-6-12-22-20)19-11-7-13-24(19)21(25)26-15-17-8-4-3-5-9-17/h3-6,8-10,12,16,19H,7,11,13-15H2,1-2H3,(H,22,23)/t19-/m0/s1. The number of hydrogen-bond donors (Lipinski definition) is 1. The maximum atomic E-state index is 12.6. The molecule has 1 saturated heterocycles. The molecule has 1 amide bonds. The number of rotatable bonds is 6. The maximum Gasteiger partial charge on any atom is 0.410 e. The van der Waals surface area contributed by atoms with Crippen molar-refractivity contribution in [1.29, 1.82) is 0 Å². The lowest BCUT2D eigenvalue weighted by Gasteiger charge is -2.26. The lowest BCUT2D eigenvalue weighted by Crippen LogP contribution is -2.31. The SMILES string of the molecule is CC(C)CNc1ncccc1[C@@H]1CCCN1C(=O)OCc1ccccc1. The summed E-state index contributed by atoms with van der Waals surface area (Å²) in [6.45, 7) is 6.21. The van der Waals surface area contributed by atoms with Crippen LogP contribution in [-0.2, 0) is 11.3 Å². The van der Waals surface area contributed by atoms with Crippen molar-refractivity contribution in [1.82, 2.24) is 9.88 Å². The minimum atomic E-state index is -0.255. The van der Waals surface area contributed by atoms with E-state index in [2.05, 4.69) is 30.2 Å². The van der Waals surface area contributed by atoms with Crippen LogP contribution in [0.25, 0.3) is 0 Å². The van der Waals surface area contributed by atoms with Gasteiger partial charge >= 0.3 is 6.09 Å². The van der Waals surface area contributed by atoms with Crippen molar-refractivity contribution in [3.8, 4) is 0 Å². The van der Waals surface area contributed by atoms with E-state index in [9.17, 15) is 4.79 Å². The normalized spacial score (nSPS) is 16.7. The zero-order chi connectivity index (χ0) is 18.4. The molecule has 5 nitrogen and oxygen atoms in total. The molecule has 2 aromatic rings. The van der Waals surface area contributed by atoms with Crippen molar-refractivity contribution in [2.75, 3.05) is 18.4 Å². The van der Waals surface area contributed by atoms with Crippen LogP contribution < -0.4 is 5.32 Å². The second-order valence-electron chi connectivity index (χ2n) is 7.11. The average Bonchev–Trinajstić information content (AvgIpc) is 3.15. The molecule has 1 aromatic heterocycles. The number of carbonyl (C=O) groups excluding carboxylic acids is 1. The number of likely N-dealkylation sites (tertiary alicyclic amines) is 1. The molecule has 3 rings (SSSR count). The number of hydrogen-bond acceptors (Lipinski definition) is 4. The molecule has 0 spiro atoms. The number of benzene rings is 1. The van der Waals surface area contributed by atoms with E-state index >= 15 is 0 Å². The maximum absolute atomic E-state index is 12.6. The van der Waals surface area contributed by atoms with Crippen LogP contribution in [0, 0.1) is 5.92 Å². The summed E-state index contributed by atoms with van der Waals surface area (Å²) in [7, 11) is 0. The van der Waals surface area contributed by atoms with Crippen LogP contribution in [0.1, 0.15) is 43.9 Å². The molecular weight excluding hydrogens is 326 g/mol. The molecule has 1 atom stereocenters. The number of ether oxygens (including phenoxy) is 1. The van der Waals surface area contributed by atoms with Crippen LogP contribution in [0.3, 0.4) is 0 Å². The van der Waals surface area contributed by atoms with Crippen LogP contribution in [0.15, 0.2) is 48.7 Å². The van der Waals surface area contributed by atoms with Crippen LogP contribution in [0.2, 0.25) is 0 Å². The average molecular weight is 353 g/mol. The predicted molar refractivity (Wildman–Crippen MR) is 103 cm³/mol. The van der Waals surface area contributed by atoms with Gasteiger partial charge in [0.2, 0.25) is 0 Å². The zero-order valence-corrected chi connectivity index (χ0v) is 15.5. The van der Waals surface area contributed by atoms with Crippen molar-refractivity contribution in [2.24, 2.45) is 5.92 Å². The molecule has 0 unspecified atom stereocenters. The third kappa shape index (κ3) is 4.54. The fraction of sp³-hybridized carbons (Fsp3) is 0.429. The van der Waals surface area contributed by atoms with Crippen molar-refractivity contribution in [2.45, 2.75) is 39.3 Å². The molecule has 1 fully saturated rings. The Hall–Kier alpha value is -2.56. The smallest absolute Gasteiger partial charge is 0.410 e. The van der Waals surface area contributed by atoms with Crippen LogP contribution in [-0.4, -0.2) is 29.1 Å². The van der Waals surface area contributed by atoms with Gasteiger partial charge in [0.25, 0.3) is 0 Å². The highest BCUT2D eigenvalue weighted by atomic mass is 16.6. The van der Waals surface area contributed by atoms with Crippen LogP contribution in [0.4, 0.5) is 10.6 Å². The highest BCUT2D eigenvalue weighted by Gasteiger charge is 2.32. The summed E-state index contributed by atoms with van der Waals surface area (Å²) in [5, 5.41) is 3.42. The highest BCUT2D eigenvalue weighted by Crippen LogP contribution is 2.35. The summed E-state index contributed by atoms with van der Waals surface area (Å²) in [5.41, 5.74) is 2.07. The predicted octanol–water partition coefficient (Wildman–Crippen LogP) is 4.62. The van der Waals surface area contributed by atoms with Gasteiger partial charge in [-0.2, -0.15) is 0 Å². The van der Waals surface area contributed by atoms with E-state index in [0.29, 0.717) is 12.5 Å². The number of pyridine rings is 1. The molecule has 0 aliphatic carbocycles. The van der Waals surface area contributed by atoms with E-state index in [-0.39, 0.29) is 12.1 Å². The largest absolute Gasteiger partial charge is 0.445 e. The van der Waals surface area contributed by atoms with Gasteiger partial charge in [-0.25, -0.2) is 9.78 Å². The third-order valence-corrected chi connectivity index (χ3v) is 4.57. The first-order valence-corrected chi connectivity index (χ1v) is 9.31. The first-order valence-electron chi connectivity index (χ1n) is 9.31. The van der Waals surface area contributed by atoms with Gasteiger partial charge in [0.05, 0.1) is 6.04 Å². The summed E-state index contributed by atoms with van der Waals surface area (Å²) < 4.78 is 5.55. The zero-order valence-electron chi connectivity index (χ0n) is 15.5. The molecule has 2 heterocycles. The Morgan fingerprint density at radius 1 is 1.27 bits per heavy atom. The summed E-state index contributed by atoms with van der Waals surface area (Å²) in [4.78, 5) is 19.0. The monoisotopic (exact) mass is 353 g/mol. The van der Waals surface area contributed by atoms with Gasteiger partial charge in [0, 0.05) is 24.8 Å². The Bertz CT molecular complexity index is 718. The minimum absolute atomic E-state index is 0.0154. The van der Waals surface area contributed by atoms with Crippen LogP contribution in [0.5, 0.6) is 0 Å². The Kier molecular flexibility index (Phi) is 6.10. The Balaban J connectivity index is 1.69. The van der Waals surface area contributed by atoms with Gasteiger partial charge in [0.1, 0.15) is 12.4 Å². The minimum Gasteiger partial charge on any atom is -0.445 e. The molecule has 138 valence electrons. The van der Waals surface area contributed by atoms with Crippen molar-refractivity contribution >= 4 is 11.9 Å². The van der Waals surface area contributed by atoms with E-state index in [0.717, 1.165) is 42.9 Å². The summed E-state index contributed by atoms with van der Waals surface area (Å²) >= 11 is 0. The van der Waals surface area contributed by atoms with Gasteiger partial charge in [-0.05, 0) is 30.4 Å². The molecule has 5 heteroatoms. The Morgan fingerprint density at radius 2 is 2.08 bits per heavy atom. The van der Waals surface area contributed by atoms with Gasteiger partial charge in [-0.3, -0.25) is 0 Å². The van der Waals surface area contributed by atoms with E-state index in [1.165, 1.54) is 0 Å². The quantitative estimate of drug-likeness (QED) is 0.823. The van der Waals surface area contributed by atoms with E-state index in [1.807, 2.05) is 41.3 Å². The number of aromatic nitrogens is 1. The Morgan fingerprint density at radius 3 is 2.85 bits per heavy atom. The second-order valence-corrected chi connectivity index (χ2v) is 7.11. The summed E-state index contributed by atoms with van der Waals surface area (Å²) in [6, 6.07) is 13.8. The van der Waals surface area contributed by atoms with E-state index in [1.54, 1.807) is 6.20 Å². The van der Waals surface area contributed by atoms with E-state index in [4.69, 9.17) is 4.74 Å². The fourth-order valence-electron chi connectivity index (χ4n) is 3.25. The summed E-state index contributed by atoms with van der Waals surface area (Å²) in [5.74, 6) is 1.40. The van der Waals surface area contributed by atoms with Crippen molar-refractivity contribution in [3.05, 3.63) is 59.8 Å². The lowest BCUT2D eigenvalue weighted by molar-refractivity contribution is 0.0921. The first kappa shape index (κ1) is 18.2. The summed E-state index contributed by atoms with van der Waals surface area (Å²) in [6.07, 6.45) is 3.45. The first-order chi connectivity index (χ1) is 12.6. The fourth-order valence-corrected chi connectivity index (χ4v) is 3.25. The molecule has 1 aliphatic heterocycles. The number of amides is 1. The lowest BCUT2D eigenvalue weighted by atomic mass is 10.1. The highest BCUT2D eigenvalue weighted by molar-refractivity contribution is 5.69. The number of nitrogens with zero attached hydrogens (tertiary/aromatic N) is 2. The van der Waals surface area contributed by atoms with Crippen LogP contribution >= 0.6 is 0 Å². The molecule has 0 bridgehead atoms. The third-order valence-electron chi connectivity index (χ3n) is 4.57. The van der Waals surface area contributed by atoms with Gasteiger partial charge in [-0.15, -0.1) is 0 Å². The molecule has 0 saturated carbocycles. The number of anilines is 1. The second kappa shape index (κ2) is 8.70. The molecular formula is C21H27N3O2. The van der Waals surface area contributed by atoms with Gasteiger partial charge in [-0.1, -0.05) is 50.2 Å². The van der Waals surface area contributed by atoms with Crippen molar-refractivity contribution < 1.29 is 9.53 Å². The molecule has 26 heavy (non-hydrogen) atoms. The number of carbonyl (C=O) groups is 1. The number of nitrogens with one attached hydrogen (secondary N) is 1. The van der Waals surface area contributed by atoms with Gasteiger partial charge < -0.3 is 15.0 Å². The molecule has 1 aliphatic rings. The molecule has 1 aromatic carbocycles. The topological polar surface area (TPSA) is 54.5 Å².